The summed E-state index contributed by atoms with van der Waals surface area (Å²) >= 11 is 0. The van der Waals surface area contributed by atoms with Crippen LogP contribution in [0.15, 0.2) is 66.7 Å². The molecule has 0 aliphatic heterocycles. The average molecular weight is 405 g/mol. The van der Waals surface area contributed by atoms with E-state index in [4.69, 9.17) is 0 Å². The minimum Gasteiger partial charge on any atom is -0.348 e. The molecule has 5 nitrogen and oxygen atoms in total. The largest absolute Gasteiger partial charge is 0.348 e. The molecule has 0 bridgehead atoms. The van der Waals surface area contributed by atoms with Crippen LogP contribution >= 0.6 is 0 Å². The molecule has 3 aromatic rings. The van der Waals surface area contributed by atoms with E-state index in [-0.39, 0.29) is 17.4 Å². The van der Waals surface area contributed by atoms with Crippen molar-refractivity contribution >= 4 is 21.5 Å². The summed E-state index contributed by atoms with van der Waals surface area (Å²) in [6.07, 6.45) is 1.20. The van der Waals surface area contributed by atoms with E-state index in [0.29, 0.717) is 28.8 Å². The van der Waals surface area contributed by atoms with Gasteiger partial charge in [0.2, 0.25) is 0 Å². The number of hydrogen-bond donors (Lipinski definition) is 1. The number of rotatable bonds is 5. The van der Waals surface area contributed by atoms with E-state index in [1.54, 1.807) is 42.5 Å². The first-order valence-corrected chi connectivity index (χ1v) is 11.2. The Hall–Kier alpha value is -3.25. The van der Waals surface area contributed by atoms with Gasteiger partial charge in [-0.3, -0.25) is 9.59 Å². The molecule has 1 amide bonds. The second-order valence-corrected chi connectivity index (χ2v) is 9.34. The van der Waals surface area contributed by atoms with Crippen LogP contribution in [0.5, 0.6) is 0 Å². The van der Waals surface area contributed by atoms with Gasteiger partial charge < -0.3 is 5.32 Å². The second-order valence-electron chi connectivity index (χ2n) is 7.20. The van der Waals surface area contributed by atoms with E-state index in [1.807, 2.05) is 24.3 Å². The summed E-state index contributed by atoms with van der Waals surface area (Å²) in [5.74, 6) is -0.339. The maximum Gasteiger partial charge on any atom is 0.251 e. The van der Waals surface area contributed by atoms with Crippen LogP contribution in [-0.4, -0.2) is 26.4 Å². The highest BCUT2D eigenvalue weighted by atomic mass is 32.2. The molecule has 0 unspecified atom stereocenters. The van der Waals surface area contributed by atoms with Gasteiger partial charge in [0.25, 0.3) is 5.91 Å². The predicted octanol–water partition coefficient (Wildman–Crippen LogP) is 3.37. The molecule has 1 aliphatic carbocycles. The van der Waals surface area contributed by atoms with Crippen LogP contribution in [0.3, 0.4) is 0 Å². The van der Waals surface area contributed by atoms with Crippen LogP contribution in [-0.2, 0) is 22.1 Å². The van der Waals surface area contributed by atoms with E-state index in [2.05, 4.69) is 5.32 Å². The Kier molecular flexibility index (Phi) is 4.80. The first kappa shape index (κ1) is 19.1. The van der Waals surface area contributed by atoms with E-state index >= 15 is 0 Å². The molecule has 0 atom stereocenters. The molecule has 146 valence electrons. The van der Waals surface area contributed by atoms with Crippen molar-refractivity contribution in [1.82, 2.24) is 5.32 Å². The van der Waals surface area contributed by atoms with Crippen molar-refractivity contribution < 1.29 is 18.0 Å². The van der Waals surface area contributed by atoms with Gasteiger partial charge in [0.05, 0.1) is 5.75 Å². The zero-order valence-corrected chi connectivity index (χ0v) is 16.6. The molecule has 0 heterocycles. The van der Waals surface area contributed by atoms with E-state index in [9.17, 15) is 18.0 Å². The summed E-state index contributed by atoms with van der Waals surface area (Å²) in [5, 5.41) is 2.84. The van der Waals surface area contributed by atoms with E-state index in [0.717, 1.165) is 16.7 Å². The normalized spacial score (nSPS) is 12.4. The highest BCUT2D eigenvalue weighted by molar-refractivity contribution is 7.89. The maximum atomic E-state index is 12.6. The minimum absolute atomic E-state index is 0.00875. The van der Waals surface area contributed by atoms with Gasteiger partial charge in [-0.15, -0.1) is 0 Å². The molecule has 29 heavy (non-hydrogen) atoms. The Labute approximate surface area is 169 Å². The van der Waals surface area contributed by atoms with Gasteiger partial charge in [0, 0.05) is 29.5 Å². The van der Waals surface area contributed by atoms with E-state index in [1.165, 1.54) is 6.26 Å². The van der Waals surface area contributed by atoms with Gasteiger partial charge >= 0.3 is 0 Å². The summed E-state index contributed by atoms with van der Waals surface area (Å²) in [4.78, 5) is 25.1. The fraction of sp³-hybridized carbons (Fsp3) is 0.130. The molecule has 0 saturated heterocycles. The van der Waals surface area contributed by atoms with Crippen molar-refractivity contribution in [2.45, 2.75) is 12.3 Å². The molecule has 3 aromatic carbocycles. The number of fused-ring (bicyclic) bond motifs is 3. The Morgan fingerprint density at radius 3 is 2.14 bits per heavy atom. The highest BCUT2D eigenvalue weighted by Crippen LogP contribution is 2.36. The molecule has 0 fully saturated rings. The molecular formula is C23H19NO4S. The highest BCUT2D eigenvalue weighted by Gasteiger charge is 2.26. The quantitative estimate of drug-likeness (QED) is 0.552. The van der Waals surface area contributed by atoms with Crippen LogP contribution in [0.2, 0.25) is 0 Å². The molecule has 0 spiro atoms. The third kappa shape index (κ3) is 3.98. The van der Waals surface area contributed by atoms with Crippen LogP contribution in [0.1, 0.15) is 37.4 Å². The van der Waals surface area contributed by atoms with Crippen molar-refractivity contribution in [3.63, 3.8) is 0 Å². The third-order valence-corrected chi connectivity index (χ3v) is 5.75. The molecule has 6 heteroatoms. The smallest absolute Gasteiger partial charge is 0.251 e. The minimum atomic E-state index is -3.08. The molecule has 4 rings (SSSR count). The number of nitrogens with one attached hydrogen (secondary N) is 1. The summed E-state index contributed by atoms with van der Waals surface area (Å²) < 4.78 is 22.7. The van der Waals surface area contributed by atoms with Gasteiger partial charge in [-0.1, -0.05) is 54.6 Å². The number of hydrogen-bond acceptors (Lipinski definition) is 4. The Balaban J connectivity index is 1.46. The SMILES string of the molecule is CS(=O)(=O)Cc1ccc(CNC(=O)c2ccc3c(c2)C(=O)c2ccccc2-3)cc1. The number of sulfone groups is 1. The van der Waals surface area contributed by atoms with Gasteiger partial charge in [-0.2, -0.15) is 0 Å². The Bertz CT molecular complexity index is 1230. The fourth-order valence-electron chi connectivity index (χ4n) is 3.51. The zero-order valence-electron chi connectivity index (χ0n) is 15.8. The van der Waals surface area contributed by atoms with Gasteiger partial charge in [-0.05, 0) is 34.4 Å². The average Bonchev–Trinajstić information content (AvgIpc) is 2.98. The fourth-order valence-corrected chi connectivity index (χ4v) is 4.31. The lowest BCUT2D eigenvalue weighted by molar-refractivity contribution is 0.0951. The summed E-state index contributed by atoms with van der Waals surface area (Å²) in [7, 11) is -3.08. The second kappa shape index (κ2) is 7.29. The molecular weight excluding hydrogens is 386 g/mol. The van der Waals surface area contributed by atoms with Crippen molar-refractivity contribution in [2.75, 3.05) is 6.26 Å². The summed E-state index contributed by atoms with van der Waals surface area (Å²) in [6, 6.07) is 19.7. The van der Waals surface area contributed by atoms with Crippen molar-refractivity contribution in [2.24, 2.45) is 0 Å². The standard InChI is InChI=1S/C23H19NO4S/c1-29(27,28)14-16-8-6-15(7-9-16)13-24-23(26)17-10-11-19-18-4-2-3-5-20(18)22(25)21(19)12-17/h2-12H,13-14H2,1H3,(H,24,26). The molecule has 1 aliphatic rings. The lowest BCUT2D eigenvalue weighted by atomic mass is 10.0. The van der Waals surface area contributed by atoms with Crippen LogP contribution < -0.4 is 5.32 Å². The van der Waals surface area contributed by atoms with Crippen LogP contribution in [0.4, 0.5) is 0 Å². The van der Waals surface area contributed by atoms with Crippen LogP contribution in [0.25, 0.3) is 11.1 Å². The summed E-state index contributed by atoms with van der Waals surface area (Å²) in [6.45, 7) is 0.309. The Morgan fingerprint density at radius 1 is 0.828 bits per heavy atom. The monoisotopic (exact) mass is 405 g/mol. The lowest BCUT2D eigenvalue weighted by Gasteiger charge is -2.08. The number of carbonyl (C=O) groups excluding carboxylic acids is 2. The number of carbonyl (C=O) groups is 2. The first-order valence-electron chi connectivity index (χ1n) is 9.14. The molecule has 0 radical (unpaired) electrons. The van der Waals surface area contributed by atoms with Crippen molar-refractivity contribution in [1.29, 1.82) is 0 Å². The number of benzene rings is 3. The van der Waals surface area contributed by atoms with E-state index < -0.39 is 9.84 Å². The van der Waals surface area contributed by atoms with Crippen molar-refractivity contribution in [3.05, 3.63) is 94.5 Å². The van der Waals surface area contributed by atoms with Gasteiger partial charge in [-0.25, -0.2) is 8.42 Å². The maximum absolute atomic E-state index is 12.6. The molecule has 0 aromatic heterocycles. The third-order valence-electron chi connectivity index (χ3n) is 4.89. The number of amides is 1. The lowest BCUT2D eigenvalue weighted by Crippen LogP contribution is -2.23. The first-order chi connectivity index (χ1) is 13.8. The van der Waals surface area contributed by atoms with Gasteiger partial charge in [0.1, 0.15) is 0 Å². The topological polar surface area (TPSA) is 80.3 Å². The van der Waals surface area contributed by atoms with Crippen molar-refractivity contribution in [3.8, 4) is 11.1 Å². The molecule has 0 saturated carbocycles. The van der Waals surface area contributed by atoms with Crippen LogP contribution in [0, 0.1) is 0 Å². The zero-order chi connectivity index (χ0) is 20.6. The van der Waals surface area contributed by atoms with Gasteiger partial charge in [0.15, 0.2) is 15.6 Å². The molecule has 1 N–H and O–H groups in total. The Morgan fingerprint density at radius 2 is 1.45 bits per heavy atom. The summed E-state index contributed by atoms with van der Waals surface area (Å²) in [5.41, 5.74) is 4.95. The predicted molar refractivity (Wildman–Crippen MR) is 111 cm³/mol. The number of ketones is 1.